The van der Waals surface area contributed by atoms with Gasteiger partial charge in [0.2, 0.25) is 5.95 Å². The first-order chi connectivity index (χ1) is 11.8. The van der Waals surface area contributed by atoms with E-state index in [1.807, 2.05) is 47.1 Å². The van der Waals surface area contributed by atoms with Crippen LogP contribution < -0.4 is 10.8 Å². The molecule has 1 aliphatic carbocycles. The SMILES string of the molecule is O=C(NO)c1ccc(Nc2nc3ccccc3n2C2=CC=C2)cc1. The minimum Gasteiger partial charge on any atom is -0.325 e. The van der Waals surface area contributed by atoms with Crippen LogP contribution in [-0.4, -0.2) is 20.7 Å². The standard InChI is InChI=1S/C18H14N4O2/c23-17(21-24)12-8-10-13(11-9-12)19-18-20-15-6-1-2-7-16(15)22(18)14-4-3-5-14/h1-11,24H,(H,19,20)(H,21,23). The van der Waals surface area contributed by atoms with E-state index in [1.165, 1.54) is 0 Å². The fourth-order valence-corrected chi connectivity index (χ4v) is 2.60. The van der Waals surface area contributed by atoms with Gasteiger partial charge in [-0.3, -0.25) is 14.6 Å². The number of hydrogen-bond donors (Lipinski definition) is 3. The number of nitrogens with zero attached hydrogens (tertiary/aromatic N) is 2. The zero-order valence-corrected chi connectivity index (χ0v) is 12.6. The molecule has 3 N–H and O–H groups in total. The van der Waals surface area contributed by atoms with E-state index in [0.717, 1.165) is 22.4 Å². The second-order valence-electron chi connectivity index (χ2n) is 5.35. The molecule has 0 spiro atoms. The minimum absolute atomic E-state index is 0.376. The third-order valence-electron chi connectivity index (χ3n) is 3.86. The van der Waals surface area contributed by atoms with Gasteiger partial charge in [-0.25, -0.2) is 10.5 Å². The first kappa shape index (κ1) is 14.2. The lowest BCUT2D eigenvalue weighted by atomic mass is 10.2. The quantitative estimate of drug-likeness (QED) is 0.509. The van der Waals surface area contributed by atoms with Crippen molar-refractivity contribution in [2.24, 2.45) is 0 Å². The van der Waals surface area contributed by atoms with Gasteiger partial charge >= 0.3 is 0 Å². The Morgan fingerprint density at radius 1 is 1.08 bits per heavy atom. The van der Waals surface area contributed by atoms with Crippen molar-refractivity contribution in [3.63, 3.8) is 0 Å². The summed E-state index contributed by atoms with van der Waals surface area (Å²) in [6.45, 7) is 0. The largest absolute Gasteiger partial charge is 0.325 e. The number of anilines is 2. The molecular formula is C18H14N4O2. The second kappa shape index (κ2) is 5.68. The zero-order chi connectivity index (χ0) is 16.5. The average Bonchev–Trinajstić information content (AvgIpc) is 2.91. The van der Waals surface area contributed by atoms with Crippen LogP contribution in [0.15, 0.2) is 66.8 Å². The Labute approximate surface area is 137 Å². The number of rotatable bonds is 4. The van der Waals surface area contributed by atoms with Gasteiger partial charge in [0.25, 0.3) is 5.91 Å². The molecule has 24 heavy (non-hydrogen) atoms. The van der Waals surface area contributed by atoms with Crippen molar-refractivity contribution in [2.75, 3.05) is 5.32 Å². The highest BCUT2D eigenvalue weighted by Crippen LogP contribution is 2.29. The van der Waals surface area contributed by atoms with Crippen LogP contribution in [0.4, 0.5) is 11.6 Å². The fourth-order valence-electron chi connectivity index (χ4n) is 2.60. The monoisotopic (exact) mass is 318 g/mol. The van der Waals surface area contributed by atoms with Gasteiger partial charge in [-0.05, 0) is 48.6 Å². The van der Waals surface area contributed by atoms with Crippen molar-refractivity contribution in [3.8, 4) is 0 Å². The van der Waals surface area contributed by atoms with Crippen LogP contribution in [0.25, 0.3) is 16.7 Å². The smallest absolute Gasteiger partial charge is 0.274 e. The number of nitrogens with one attached hydrogen (secondary N) is 2. The Balaban J connectivity index is 1.70. The van der Waals surface area contributed by atoms with E-state index in [9.17, 15) is 4.79 Å². The Morgan fingerprint density at radius 3 is 2.50 bits per heavy atom. The molecule has 0 fully saturated rings. The van der Waals surface area contributed by atoms with Crippen molar-refractivity contribution < 1.29 is 10.0 Å². The summed E-state index contributed by atoms with van der Waals surface area (Å²) in [6.07, 6.45) is 6.03. The maximum atomic E-state index is 11.4. The summed E-state index contributed by atoms with van der Waals surface area (Å²) in [5, 5.41) is 11.9. The lowest BCUT2D eigenvalue weighted by Gasteiger charge is -2.14. The van der Waals surface area contributed by atoms with Gasteiger partial charge in [-0.2, -0.15) is 0 Å². The number of imidazole rings is 1. The molecule has 6 nitrogen and oxygen atoms in total. The molecule has 4 rings (SSSR count). The molecule has 0 saturated heterocycles. The number of amides is 1. The van der Waals surface area contributed by atoms with Gasteiger partial charge < -0.3 is 5.32 Å². The van der Waals surface area contributed by atoms with Crippen molar-refractivity contribution in [1.82, 2.24) is 15.0 Å². The van der Waals surface area contributed by atoms with E-state index < -0.39 is 5.91 Å². The van der Waals surface area contributed by atoms with Crippen LogP contribution in [0.3, 0.4) is 0 Å². The van der Waals surface area contributed by atoms with Gasteiger partial charge in [0.05, 0.1) is 11.0 Å². The van der Waals surface area contributed by atoms with Crippen LogP contribution in [0, 0.1) is 0 Å². The molecule has 0 atom stereocenters. The predicted octanol–water partition coefficient (Wildman–Crippen LogP) is 3.31. The van der Waals surface area contributed by atoms with Crippen molar-refractivity contribution >= 4 is 34.3 Å². The number of benzene rings is 2. The highest BCUT2D eigenvalue weighted by molar-refractivity contribution is 5.94. The summed E-state index contributed by atoms with van der Waals surface area (Å²) in [5.74, 6) is 0.157. The summed E-state index contributed by atoms with van der Waals surface area (Å²) >= 11 is 0. The third-order valence-corrected chi connectivity index (χ3v) is 3.86. The van der Waals surface area contributed by atoms with Crippen molar-refractivity contribution in [3.05, 3.63) is 72.3 Å². The van der Waals surface area contributed by atoms with Gasteiger partial charge in [-0.1, -0.05) is 18.2 Å². The number of aromatic nitrogens is 2. The Bertz CT molecular complexity index is 984. The molecule has 1 amide bonds. The van der Waals surface area contributed by atoms with E-state index in [1.54, 1.807) is 29.7 Å². The molecule has 0 saturated carbocycles. The molecule has 2 aromatic carbocycles. The lowest BCUT2D eigenvalue weighted by molar-refractivity contribution is 0.0706. The zero-order valence-electron chi connectivity index (χ0n) is 12.6. The fraction of sp³-hybridized carbons (Fsp3) is 0. The van der Waals surface area contributed by atoms with Crippen LogP contribution in [0.5, 0.6) is 0 Å². The lowest BCUT2D eigenvalue weighted by Crippen LogP contribution is -2.18. The normalized spacial score (nSPS) is 12.6. The summed E-state index contributed by atoms with van der Waals surface area (Å²) in [5.41, 5.74) is 5.77. The molecule has 6 heteroatoms. The third kappa shape index (κ3) is 2.35. The molecule has 118 valence electrons. The Kier molecular flexibility index (Phi) is 3.36. The van der Waals surface area contributed by atoms with Crippen LogP contribution in [0.2, 0.25) is 0 Å². The molecular weight excluding hydrogens is 304 g/mol. The maximum Gasteiger partial charge on any atom is 0.274 e. The number of para-hydroxylation sites is 2. The number of hydrogen-bond acceptors (Lipinski definition) is 4. The molecule has 1 aliphatic rings. The molecule has 0 radical (unpaired) electrons. The molecule has 1 heterocycles. The van der Waals surface area contributed by atoms with E-state index in [4.69, 9.17) is 5.21 Å². The number of hydroxylamine groups is 1. The molecule has 1 aromatic heterocycles. The second-order valence-corrected chi connectivity index (χ2v) is 5.35. The predicted molar refractivity (Wildman–Crippen MR) is 92.1 cm³/mol. The summed E-state index contributed by atoms with van der Waals surface area (Å²) in [6, 6.07) is 14.7. The summed E-state index contributed by atoms with van der Waals surface area (Å²) in [4.78, 5) is 16.0. The minimum atomic E-state index is -0.543. The van der Waals surface area contributed by atoms with Crippen molar-refractivity contribution in [1.29, 1.82) is 0 Å². The molecule has 0 aliphatic heterocycles. The highest BCUT2D eigenvalue weighted by Gasteiger charge is 2.14. The van der Waals surface area contributed by atoms with Crippen LogP contribution in [-0.2, 0) is 0 Å². The highest BCUT2D eigenvalue weighted by atomic mass is 16.5. The average molecular weight is 318 g/mol. The van der Waals surface area contributed by atoms with Gasteiger partial charge in [0, 0.05) is 16.9 Å². The molecule has 0 bridgehead atoms. The van der Waals surface area contributed by atoms with E-state index in [2.05, 4.69) is 10.3 Å². The van der Waals surface area contributed by atoms with E-state index >= 15 is 0 Å². The number of carbonyl (C=O) groups excluding carboxylic acids is 1. The van der Waals surface area contributed by atoms with E-state index in [-0.39, 0.29) is 0 Å². The first-order valence-electron chi connectivity index (χ1n) is 7.44. The molecule has 0 unspecified atom stereocenters. The van der Waals surface area contributed by atoms with Gasteiger partial charge in [0.1, 0.15) is 0 Å². The summed E-state index contributed by atoms with van der Waals surface area (Å²) in [7, 11) is 0. The van der Waals surface area contributed by atoms with Gasteiger partial charge in [-0.15, -0.1) is 0 Å². The topological polar surface area (TPSA) is 79.2 Å². The number of carbonyl (C=O) groups is 1. The molecule has 3 aromatic rings. The summed E-state index contributed by atoms with van der Waals surface area (Å²) < 4.78 is 2.05. The maximum absolute atomic E-state index is 11.4. The van der Waals surface area contributed by atoms with Crippen molar-refractivity contribution in [2.45, 2.75) is 0 Å². The first-order valence-corrected chi connectivity index (χ1v) is 7.44. The number of fused-ring (bicyclic) bond motifs is 1. The van der Waals surface area contributed by atoms with Gasteiger partial charge in [0.15, 0.2) is 0 Å². The van der Waals surface area contributed by atoms with Crippen LogP contribution >= 0.6 is 0 Å². The van der Waals surface area contributed by atoms with Crippen LogP contribution in [0.1, 0.15) is 10.4 Å². The Morgan fingerprint density at radius 2 is 1.83 bits per heavy atom. The number of allylic oxidation sites excluding steroid dienone is 4. The Hall–Kier alpha value is -3.38. The van der Waals surface area contributed by atoms with E-state index in [0.29, 0.717) is 11.5 Å².